The monoisotopic (exact) mass is 523 g/mol. The Morgan fingerprint density at radius 1 is 1.03 bits per heavy atom. The first-order valence-electron chi connectivity index (χ1n) is 10.5. The van der Waals surface area contributed by atoms with Gasteiger partial charge in [0.25, 0.3) is 5.91 Å². The molecule has 0 saturated carbocycles. The van der Waals surface area contributed by atoms with Crippen molar-refractivity contribution in [3.63, 3.8) is 0 Å². The van der Waals surface area contributed by atoms with Crippen molar-refractivity contribution in [2.75, 3.05) is 6.26 Å². The van der Waals surface area contributed by atoms with Crippen LogP contribution in [0, 0.1) is 0 Å². The molecule has 0 aliphatic rings. The number of alkyl halides is 3. The van der Waals surface area contributed by atoms with Crippen molar-refractivity contribution in [1.29, 1.82) is 0 Å². The van der Waals surface area contributed by atoms with Crippen LogP contribution >= 0.6 is 23.5 Å². The molecular weight excluding hydrogens is 499 g/mol. The molecule has 0 aliphatic carbocycles. The van der Waals surface area contributed by atoms with E-state index in [0.717, 1.165) is 5.39 Å². The number of carboxylic acids is 1. The van der Waals surface area contributed by atoms with Gasteiger partial charge in [0.15, 0.2) is 0 Å². The summed E-state index contributed by atoms with van der Waals surface area (Å²) in [5.74, 6) is -1.49. The van der Waals surface area contributed by atoms with Crippen LogP contribution in [0.5, 0.6) is 5.75 Å². The molecule has 5 nitrogen and oxygen atoms in total. The quantitative estimate of drug-likeness (QED) is 0.318. The van der Waals surface area contributed by atoms with Crippen LogP contribution in [0.15, 0.2) is 65.6 Å². The molecule has 1 amide bonds. The number of carboxylic acid groups (broad SMARTS) is 1. The van der Waals surface area contributed by atoms with E-state index in [2.05, 4.69) is 5.32 Å². The third-order valence-electron chi connectivity index (χ3n) is 5.41. The Labute approximate surface area is 209 Å². The van der Waals surface area contributed by atoms with Gasteiger partial charge in [0.2, 0.25) is 0 Å². The van der Waals surface area contributed by atoms with E-state index in [1.54, 1.807) is 44.4 Å². The molecule has 0 unspecified atom stereocenters. The van der Waals surface area contributed by atoms with E-state index in [1.807, 2.05) is 12.1 Å². The number of ether oxygens (including phenoxy) is 1. The highest BCUT2D eigenvalue weighted by Crippen LogP contribution is 2.37. The van der Waals surface area contributed by atoms with Gasteiger partial charge in [0, 0.05) is 15.0 Å². The second kappa shape index (κ2) is 10.8. The molecule has 35 heavy (non-hydrogen) atoms. The van der Waals surface area contributed by atoms with Crippen LogP contribution in [-0.4, -0.2) is 39.5 Å². The summed E-state index contributed by atoms with van der Waals surface area (Å²) in [5, 5.41) is 13.8. The number of carbonyl (C=O) groups is 2. The lowest BCUT2D eigenvalue weighted by Gasteiger charge is -2.30. The largest absolute Gasteiger partial charge is 0.487 e. The van der Waals surface area contributed by atoms with Gasteiger partial charge in [0.05, 0.1) is 5.56 Å². The lowest BCUT2D eigenvalue weighted by atomic mass is 10.0. The van der Waals surface area contributed by atoms with Crippen LogP contribution in [0.3, 0.4) is 0 Å². The van der Waals surface area contributed by atoms with Crippen LogP contribution in [0.25, 0.3) is 10.8 Å². The van der Waals surface area contributed by atoms with E-state index in [0.29, 0.717) is 10.9 Å². The molecule has 3 aromatic carbocycles. The van der Waals surface area contributed by atoms with E-state index in [1.165, 1.54) is 36.0 Å². The molecule has 0 fully saturated rings. The molecule has 2 N–H and O–H groups in total. The minimum atomic E-state index is -4.37. The summed E-state index contributed by atoms with van der Waals surface area (Å²) in [6.07, 6.45) is 1.77. The van der Waals surface area contributed by atoms with Gasteiger partial charge in [-0.15, -0.1) is 0 Å². The van der Waals surface area contributed by atoms with E-state index in [9.17, 15) is 27.9 Å². The smallest absolute Gasteiger partial charge is 0.446 e. The van der Waals surface area contributed by atoms with Gasteiger partial charge in [-0.25, -0.2) is 4.79 Å². The van der Waals surface area contributed by atoms with Crippen LogP contribution in [-0.2, 0) is 11.4 Å². The number of benzene rings is 3. The molecule has 3 rings (SSSR count). The van der Waals surface area contributed by atoms with Gasteiger partial charge in [-0.1, -0.05) is 42.5 Å². The minimum Gasteiger partial charge on any atom is -0.487 e. The zero-order valence-electron chi connectivity index (χ0n) is 19.2. The first-order chi connectivity index (χ1) is 16.4. The summed E-state index contributed by atoms with van der Waals surface area (Å²) in [4.78, 5) is 25.1. The highest BCUT2D eigenvalue weighted by Gasteiger charge is 2.36. The maximum absolute atomic E-state index is 13.2. The molecule has 0 aromatic heterocycles. The number of amides is 1. The number of hydrogen-bond acceptors (Lipinski definition) is 5. The summed E-state index contributed by atoms with van der Waals surface area (Å²) >= 11 is 1.12. The van der Waals surface area contributed by atoms with E-state index in [-0.39, 0.29) is 34.6 Å². The van der Waals surface area contributed by atoms with Crippen molar-refractivity contribution in [1.82, 2.24) is 5.32 Å². The number of halogens is 3. The first-order valence-corrected chi connectivity index (χ1v) is 12.5. The number of fused-ring (bicyclic) bond motifs is 1. The van der Waals surface area contributed by atoms with Gasteiger partial charge in [-0.05, 0) is 61.0 Å². The first kappa shape index (κ1) is 26.7. The Morgan fingerprint density at radius 3 is 2.29 bits per heavy atom. The van der Waals surface area contributed by atoms with Crippen molar-refractivity contribution < 1.29 is 32.6 Å². The normalized spacial score (nSPS) is 12.9. The van der Waals surface area contributed by atoms with Gasteiger partial charge < -0.3 is 15.2 Å². The lowest BCUT2D eigenvalue weighted by Crippen LogP contribution is -2.52. The second-order valence-corrected chi connectivity index (χ2v) is 10.8. The molecule has 1 atom stereocenters. The maximum Gasteiger partial charge on any atom is 0.446 e. The number of nitrogens with one attached hydrogen (secondary N) is 1. The fourth-order valence-corrected chi connectivity index (χ4v) is 4.31. The molecule has 0 radical (unpaired) electrons. The van der Waals surface area contributed by atoms with E-state index in [4.69, 9.17) is 4.74 Å². The number of aliphatic carboxylic acids is 1. The molecule has 186 valence electrons. The van der Waals surface area contributed by atoms with E-state index >= 15 is 0 Å². The van der Waals surface area contributed by atoms with Crippen LogP contribution in [0.1, 0.15) is 29.8 Å². The van der Waals surface area contributed by atoms with Crippen molar-refractivity contribution in [3.05, 3.63) is 71.8 Å². The SMILES string of the molecule is CSC(C)(C)[C@H](NC(=O)c1ccc2ccccc2c1OCc1ccc(SC(F)(F)F)cc1)C(=O)O. The van der Waals surface area contributed by atoms with Crippen molar-refractivity contribution in [2.45, 2.75) is 41.6 Å². The Balaban J connectivity index is 1.90. The highest BCUT2D eigenvalue weighted by molar-refractivity contribution is 8.00. The summed E-state index contributed by atoms with van der Waals surface area (Å²) in [5.41, 5.74) is -3.60. The third-order valence-corrected chi connectivity index (χ3v) is 7.44. The van der Waals surface area contributed by atoms with Crippen molar-refractivity contribution in [3.8, 4) is 5.75 Å². The Bertz CT molecular complexity index is 1210. The number of thioether (sulfide) groups is 2. The predicted molar refractivity (Wildman–Crippen MR) is 133 cm³/mol. The minimum absolute atomic E-state index is 0.00389. The molecule has 0 heterocycles. The summed E-state index contributed by atoms with van der Waals surface area (Å²) in [6, 6.07) is 15.2. The zero-order valence-corrected chi connectivity index (χ0v) is 20.8. The topological polar surface area (TPSA) is 75.6 Å². The van der Waals surface area contributed by atoms with Crippen molar-refractivity contribution >= 4 is 46.2 Å². The Kier molecular flexibility index (Phi) is 8.27. The Hall–Kier alpha value is -2.85. The predicted octanol–water partition coefficient (Wildman–Crippen LogP) is 6.36. The molecule has 0 saturated heterocycles. The van der Waals surface area contributed by atoms with Gasteiger partial charge in [-0.3, -0.25) is 4.79 Å². The van der Waals surface area contributed by atoms with Crippen LogP contribution < -0.4 is 10.1 Å². The number of rotatable bonds is 9. The van der Waals surface area contributed by atoms with Crippen molar-refractivity contribution in [2.24, 2.45) is 0 Å². The molecule has 10 heteroatoms. The lowest BCUT2D eigenvalue weighted by molar-refractivity contribution is -0.139. The third kappa shape index (κ3) is 6.85. The fraction of sp³-hybridized carbons (Fsp3) is 0.280. The Morgan fingerprint density at radius 2 is 1.69 bits per heavy atom. The zero-order chi connectivity index (χ0) is 25.8. The fourth-order valence-electron chi connectivity index (χ4n) is 3.38. The van der Waals surface area contributed by atoms with Gasteiger partial charge in [-0.2, -0.15) is 24.9 Å². The molecule has 0 spiro atoms. The maximum atomic E-state index is 13.2. The van der Waals surface area contributed by atoms with Crippen LogP contribution in [0.4, 0.5) is 13.2 Å². The highest BCUT2D eigenvalue weighted by atomic mass is 32.2. The number of carbonyl (C=O) groups excluding carboxylic acids is 1. The second-order valence-electron chi connectivity index (χ2n) is 8.20. The average Bonchev–Trinajstić information content (AvgIpc) is 2.80. The molecule has 0 aliphatic heterocycles. The average molecular weight is 524 g/mol. The molecular formula is C25H24F3NO4S2. The van der Waals surface area contributed by atoms with E-state index < -0.39 is 28.2 Å². The standard InChI is InChI=1S/C25H24F3NO4S2/c1-24(2,34-3)21(23(31)32)29-22(30)19-13-10-16-6-4-5-7-18(16)20(19)33-14-15-8-11-17(12-9-15)35-25(26,27)28/h4-13,21H,14H2,1-3H3,(H,29,30)(H,31,32)/t21-/m1/s1. The van der Waals surface area contributed by atoms with Crippen LogP contribution in [0.2, 0.25) is 0 Å². The number of hydrogen-bond donors (Lipinski definition) is 2. The summed E-state index contributed by atoms with van der Waals surface area (Å²) in [7, 11) is 0. The van der Waals surface area contributed by atoms with Gasteiger partial charge in [0.1, 0.15) is 18.4 Å². The molecule has 0 bridgehead atoms. The summed E-state index contributed by atoms with van der Waals surface area (Å²) < 4.78 is 43.0. The summed E-state index contributed by atoms with van der Waals surface area (Å²) in [6.45, 7) is 3.47. The van der Waals surface area contributed by atoms with Gasteiger partial charge >= 0.3 is 11.5 Å². The molecule has 3 aromatic rings.